The van der Waals surface area contributed by atoms with E-state index in [2.05, 4.69) is 12.2 Å². The number of ether oxygens (including phenoxy) is 1. The second-order valence-electron chi connectivity index (χ2n) is 8.33. The molecule has 4 fully saturated rings. The first-order chi connectivity index (χ1) is 10.4. The first kappa shape index (κ1) is 12.8. The molecule has 4 aliphatic carbocycles. The van der Waals surface area contributed by atoms with Gasteiger partial charge in [0.25, 0.3) is 0 Å². The Morgan fingerprint density at radius 1 is 0.810 bits per heavy atom. The molecule has 5 rings (SSSR count). The number of allylic oxidation sites excluding steroid dienone is 2. The molecule has 4 saturated carbocycles. The Bertz CT molecular complexity index is 476. The summed E-state index contributed by atoms with van der Waals surface area (Å²) in [5, 5.41) is 0. The van der Waals surface area contributed by atoms with Crippen LogP contribution >= 0.6 is 0 Å². The van der Waals surface area contributed by atoms with Gasteiger partial charge in [0.05, 0.1) is 6.26 Å². The van der Waals surface area contributed by atoms with Gasteiger partial charge in [0, 0.05) is 0 Å². The fraction of sp³-hybridized carbons (Fsp3) is 0.800. The molecule has 7 atom stereocenters. The van der Waals surface area contributed by atoms with Crippen LogP contribution in [0.2, 0.25) is 0 Å². The lowest BCUT2D eigenvalue weighted by molar-refractivity contribution is 0.0372. The SMILES string of the molecule is C1=COC2CCC3CCC4C5CCCCC5CC4C3C2=C1. The molecule has 0 saturated heterocycles. The van der Waals surface area contributed by atoms with E-state index in [1.165, 1.54) is 38.5 Å². The quantitative estimate of drug-likeness (QED) is 0.602. The van der Waals surface area contributed by atoms with Gasteiger partial charge in [-0.2, -0.15) is 0 Å². The van der Waals surface area contributed by atoms with Crippen LogP contribution in [0, 0.1) is 35.5 Å². The van der Waals surface area contributed by atoms with Gasteiger partial charge >= 0.3 is 0 Å². The van der Waals surface area contributed by atoms with Crippen molar-refractivity contribution in [2.24, 2.45) is 35.5 Å². The van der Waals surface area contributed by atoms with Gasteiger partial charge in [-0.3, -0.25) is 0 Å². The smallest absolute Gasteiger partial charge is 0.119 e. The van der Waals surface area contributed by atoms with E-state index in [1.807, 2.05) is 6.26 Å². The van der Waals surface area contributed by atoms with Crippen LogP contribution in [-0.2, 0) is 4.74 Å². The molecule has 1 heterocycles. The minimum Gasteiger partial charge on any atom is -0.494 e. The molecule has 0 aromatic carbocycles. The summed E-state index contributed by atoms with van der Waals surface area (Å²) < 4.78 is 5.95. The highest BCUT2D eigenvalue weighted by Gasteiger charge is 2.53. The van der Waals surface area contributed by atoms with Crippen LogP contribution in [0.3, 0.4) is 0 Å². The number of rotatable bonds is 0. The minimum absolute atomic E-state index is 0.428. The topological polar surface area (TPSA) is 9.23 Å². The van der Waals surface area contributed by atoms with E-state index in [0.717, 1.165) is 35.5 Å². The molecule has 0 amide bonds. The highest BCUT2D eigenvalue weighted by atomic mass is 16.5. The van der Waals surface area contributed by atoms with Gasteiger partial charge in [-0.15, -0.1) is 0 Å². The summed E-state index contributed by atoms with van der Waals surface area (Å²) in [7, 11) is 0. The zero-order chi connectivity index (χ0) is 13.8. The predicted octanol–water partition coefficient (Wildman–Crippen LogP) is 5.09. The third-order valence-corrected chi connectivity index (χ3v) is 7.65. The number of hydrogen-bond donors (Lipinski definition) is 0. The third kappa shape index (κ3) is 1.88. The molecule has 114 valence electrons. The molecule has 1 heteroatoms. The molecule has 5 aliphatic rings. The summed E-state index contributed by atoms with van der Waals surface area (Å²) in [5.74, 6) is 6.07. The maximum Gasteiger partial charge on any atom is 0.119 e. The summed E-state index contributed by atoms with van der Waals surface area (Å²) in [5.41, 5.74) is 1.68. The van der Waals surface area contributed by atoms with Crippen molar-refractivity contribution >= 4 is 0 Å². The second-order valence-corrected chi connectivity index (χ2v) is 8.33. The van der Waals surface area contributed by atoms with Crippen LogP contribution in [0.5, 0.6) is 0 Å². The zero-order valence-electron chi connectivity index (χ0n) is 13.0. The van der Waals surface area contributed by atoms with Crippen LogP contribution in [0.4, 0.5) is 0 Å². The molecule has 21 heavy (non-hydrogen) atoms. The van der Waals surface area contributed by atoms with Crippen molar-refractivity contribution in [2.45, 2.75) is 63.9 Å². The van der Waals surface area contributed by atoms with Crippen molar-refractivity contribution in [2.75, 3.05) is 0 Å². The van der Waals surface area contributed by atoms with Crippen molar-refractivity contribution in [3.63, 3.8) is 0 Å². The molecule has 0 aromatic heterocycles. The molecule has 0 radical (unpaired) electrons. The van der Waals surface area contributed by atoms with Gasteiger partial charge in [0.1, 0.15) is 6.10 Å². The first-order valence-electron chi connectivity index (χ1n) is 9.44. The van der Waals surface area contributed by atoms with Gasteiger partial charge in [0.15, 0.2) is 0 Å². The second kappa shape index (κ2) is 4.89. The van der Waals surface area contributed by atoms with Gasteiger partial charge in [-0.25, -0.2) is 0 Å². The van der Waals surface area contributed by atoms with E-state index in [-0.39, 0.29) is 0 Å². The van der Waals surface area contributed by atoms with Crippen molar-refractivity contribution < 1.29 is 4.74 Å². The standard InChI is InChI=1S/C20H28O/c1-2-5-15-14(4-1)12-18-16(15)9-7-13-8-10-19-17(20(13)18)6-3-11-21-19/h3,6,11,13-16,18-20H,1-2,4-5,7-10,12H2. The molecular formula is C20H28O. The summed E-state index contributed by atoms with van der Waals surface area (Å²) in [6.07, 6.45) is 20.3. The van der Waals surface area contributed by atoms with Crippen LogP contribution < -0.4 is 0 Å². The predicted molar refractivity (Wildman–Crippen MR) is 84.6 cm³/mol. The lowest BCUT2D eigenvalue weighted by atomic mass is 9.58. The van der Waals surface area contributed by atoms with Gasteiger partial charge < -0.3 is 4.74 Å². The Balaban J connectivity index is 1.48. The van der Waals surface area contributed by atoms with Crippen molar-refractivity contribution in [1.29, 1.82) is 0 Å². The van der Waals surface area contributed by atoms with Gasteiger partial charge in [0.2, 0.25) is 0 Å². The lowest BCUT2D eigenvalue weighted by Crippen LogP contribution is -2.42. The van der Waals surface area contributed by atoms with Gasteiger partial charge in [-0.05, 0) is 85.7 Å². The third-order valence-electron chi connectivity index (χ3n) is 7.65. The molecule has 0 spiro atoms. The van der Waals surface area contributed by atoms with Crippen LogP contribution in [0.25, 0.3) is 0 Å². The maximum absolute atomic E-state index is 5.95. The Hall–Kier alpha value is -0.720. The summed E-state index contributed by atoms with van der Waals surface area (Å²) in [4.78, 5) is 0. The van der Waals surface area contributed by atoms with Crippen molar-refractivity contribution in [3.05, 3.63) is 24.0 Å². The highest BCUT2D eigenvalue weighted by molar-refractivity contribution is 5.27. The molecule has 7 unspecified atom stereocenters. The minimum atomic E-state index is 0.428. The lowest BCUT2D eigenvalue weighted by Gasteiger charge is -2.48. The monoisotopic (exact) mass is 284 g/mol. The Kier molecular flexibility index (Phi) is 2.98. The Morgan fingerprint density at radius 3 is 2.71 bits per heavy atom. The fourth-order valence-electron chi connectivity index (χ4n) is 6.96. The van der Waals surface area contributed by atoms with Crippen molar-refractivity contribution in [3.8, 4) is 0 Å². The Morgan fingerprint density at radius 2 is 1.71 bits per heavy atom. The molecule has 1 nitrogen and oxygen atoms in total. The Labute approximate surface area is 128 Å². The molecular weight excluding hydrogens is 256 g/mol. The summed E-state index contributed by atoms with van der Waals surface area (Å²) in [6.45, 7) is 0. The normalized spacial score (nSPS) is 51.0. The van der Waals surface area contributed by atoms with Gasteiger partial charge in [-0.1, -0.05) is 25.3 Å². The van der Waals surface area contributed by atoms with E-state index in [0.29, 0.717) is 6.10 Å². The average molecular weight is 284 g/mol. The van der Waals surface area contributed by atoms with E-state index in [4.69, 9.17) is 4.74 Å². The fourth-order valence-corrected chi connectivity index (χ4v) is 6.96. The van der Waals surface area contributed by atoms with Crippen LogP contribution in [0.1, 0.15) is 57.8 Å². The van der Waals surface area contributed by atoms with Crippen LogP contribution in [0.15, 0.2) is 24.0 Å². The van der Waals surface area contributed by atoms with E-state index < -0.39 is 0 Å². The summed E-state index contributed by atoms with van der Waals surface area (Å²) >= 11 is 0. The first-order valence-corrected chi connectivity index (χ1v) is 9.44. The van der Waals surface area contributed by atoms with E-state index in [9.17, 15) is 0 Å². The number of fused-ring (bicyclic) bond motifs is 7. The number of hydrogen-bond acceptors (Lipinski definition) is 1. The molecule has 0 aromatic rings. The largest absolute Gasteiger partial charge is 0.494 e. The molecule has 1 aliphatic heterocycles. The molecule has 0 N–H and O–H groups in total. The summed E-state index contributed by atoms with van der Waals surface area (Å²) in [6, 6.07) is 0. The van der Waals surface area contributed by atoms with E-state index >= 15 is 0 Å². The highest BCUT2D eigenvalue weighted by Crippen LogP contribution is 2.60. The van der Waals surface area contributed by atoms with Crippen LogP contribution in [-0.4, -0.2) is 6.10 Å². The van der Waals surface area contributed by atoms with Crippen molar-refractivity contribution in [1.82, 2.24) is 0 Å². The maximum atomic E-state index is 5.95. The average Bonchev–Trinajstić information content (AvgIpc) is 2.93. The van der Waals surface area contributed by atoms with E-state index in [1.54, 1.807) is 24.8 Å². The zero-order valence-corrected chi connectivity index (χ0v) is 13.0. The molecule has 0 bridgehead atoms.